The lowest BCUT2D eigenvalue weighted by molar-refractivity contribution is 0.252. The molecule has 2 aromatic carbocycles. The van der Waals surface area contributed by atoms with E-state index in [1.165, 1.54) is 0 Å². The second-order valence-electron chi connectivity index (χ2n) is 6.42. The predicted molar refractivity (Wildman–Crippen MR) is 110 cm³/mol. The molecule has 0 aliphatic carbocycles. The smallest absolute Gasteiger partial charge is 0.319 e. The van der Waals surface area contributed by atoms with Gasteiger partial charge in [0.2, 0.25) is 0 Å². The summed E-state index contributed by atoms with van der Waals surface area (Å²) in [7, 11) is -0.147. The van der Waals surface area contributed by atoms with Crippen molar-refractivity contribution in [1.29, 1.82) is 0 Å². The van der Waals surface area contributed by atoms with Crippen LogP contribution in [0.3, 0.4) is 0 Å². The second-order valence-corrected chi connectivity index (χ2v) is 8.46. The van der Waals surface area contributed by atoms with Gasteiger partial charge in [-0.15, -0.1) is 0 Å². The maximum Gasteiger partial charge on any atom is 0.319 e. The van der Waals surface area contributed by atoms with Crippen LogP contribution in [0.1, 0.15) is 5.69 Å². The molecule has 0 saturated carbocycles. The second kappa shape index (κ2) is 7.93. The summed E-state index contributed by atoms with van der Waals surface area (Å²) in [6.45, 7) is 1.80. The Hall–Kier alpha value is -3.00. The van der Waals surface area contributed by atoms with E-state index in [-0.39, 0.29) is 12.3 Å². The van der Waals surface area contributed by atoms with Gasteiger partial charge in [-0.05, 0) is 37.3 Å². The number of anilines is 1. The Morgan fingerprint density at radius 2 is 1.79 bits per heavy atom. The van der Waals surface area contributed by atoms with Crippen LogP contribution >= 0.6 is 0 Å². The molecule has 1 heterocycles. The Morgan fingerprint density at radius 3 is 2.46 bits per heavy atom. The summed E-state index contributed by atoms with van der Waals surface area (Å²) in [5, 5.41) is 5.95. The number of rotatable bonds is 6. The molecule has 28 heavy (non-hydrogen) atoms. The number of aromatic nitrogens is 1. The zero-order chi connectivity index (χ0) is 20.3. The molecule has 0 bridgehead atoms. The fourth-order valence-electron chi connectivity index (χ4n) is 3.13. The Balaban J connectivity index is 1.65. The van der Waals surface area contributed by atoms with Gasteiger partial charge in [-0.1, -0.05) is 18.2 Å². The maximum atomic E-state index is 12.9. The van der Waals surface area contributed by atoms with Crippen molar-refractivity contribution in [3.05, 3.63) is 54.2 Å². The fourth-order valence-corrected chi connectivity index (χ4v) is 4.80. The third-order valence-corrected chi connectivity index (χ3v) is 6.54. The lowest BCUT2D eigenvalue weighted by atomic mass is 10.2. The first-order chi connectivity index (χ1) is 13.3. The summed E-state index contributed by atoms with van der Waals surface area (Å²) in [6.07, 6.45) is 0. The van der Waals surface area contributed by atoms with Crippen LogP contribution in [0.5, 0.6) is 5.75 Å². The molecule has 148 valence electrons. The number of fused-ring (bicyclic) bond motifs is 1. The summed E-state index contributed by atoms with van der Waals surface area (Å²) in [6, 6.07) is 13.8. The van der Waals surface area contributed by atoms with Crippen LogP contribution in [0.4, 0.5) is 10.5 Å². The number of benzene rings is 2. The standard InChI is InChI=1S/C20H23N3O4S/c1-14-19(17-6-4-5-7-18(17)23(14)2)28(25,26)13-12-21-20(24)22-15-8-10-16(27-3)11-9-15/h4-11H,12-13H2,1-3H3,(H2,21,22,24). The minimum atomic E-state index is -3.55. The molecule has 3 rings (SSSR count). The number of hydrogen-bond acceptors (Lipinski definition) is 4. The number of carbonyl (C=O) groups excluding carboxylic acids is 1. The van der Waals surface area contributed by atoms with Crippen molar-refractivity contribution in [2.75, 3.05) is 24.7 Å². The van der Waals surface area contributed by atoms with E-state index in [1.807, 2.05) is 29.8 Å². The van der Waals surface area contributed by atoms with E-state index in [2.05, 4.69) is 10.6 Å². The molecule has 7 nitrogen and oxygen atoms in total. The van der Waals surface area contributed by atoms with Crippen LogP contribution < -0.4 is 15.4 Å². The number of amides is 2. The van der Waals surface area contributed by atoms with Crippen molar-refractivity contribution in [3.8, 4) is 5.75 Å². The number of aryl methyl sites for hydroxylation is 1. The van der Waals surface area contributed by atoms with Crippen LogP contribution in [0.15, 0.2) is 53.4 Å². The third-order valence-electron chi connectivity index (χ3n) is 4.66. The number of nitrogens with zero attached hydrogens (tertiary/aromatic N) is 1. The van der Waals surface area contributed by atoms with Crippen molar-refractivity contribution in [2.45, 2.75) is 11.8 Å². The lowest BCUT2D eigenvalue weighted by Gasteiger charge is -2.09. The Labute approximate surface area is 164 Å². The lowest BCUT2D eigenvalue weighted by Crippen LogP contribution is -2.32. The normalized spacial score (nSPS) is 11.4. The summed E-state index contributed by atoms with van der Waals surface area (Å²) >= 11 is 0. The Kier molecular flexibility index (Phi) is 5.60. The van der Waals surface area contributed by atoms with Crippen molar-refractivity contribution < 1.29 is 17.9 Å². The highest BCUT2D eigenvalue weighted by atomic mass is 32.2. The first-order valence-electron chi connectivity index (χ1n) is 8.79. The number of carbonyl (C=O) groups is 1. The average Bonchev–Trinajstić information content (AvgIpc) is 2.94. The number of ether oxygens (including phenoxy) is 1. The van der Waals surface area contributed by atoms with Gasteiger partial charge in [0.15, 0.2) is 9.84 Å². The Morgan fingerprint density at radius 1 is 1.11 bits per heavy atom. The van der Waals surface area contributed by atoms with Gasteiger partial charge in [0.1, 0.15) is 5.75 Å². The topological polar surface area (TPSA) is 89.4 Å². The van der Waals surface area contributed by atoms with E-state index >= 15 is 0 Å². The minimum absolute atomic E-state index is 0.00693. The van der Waals surface area contributed by atoms with Gasteiger partial charge in [-0.25, -0.2) is 13.2 Å². The maximum absolute atomic E-state index is 12.9. The molecule has 0 aliphatic rings. The highest BCUT2D eigenvalue weighted by Gasteiger charge is 2.24. The molecule has 0 atom stereocenters. The molecular formula is C20H23N3O4S. The molecule has 0 aliphatic heterocycles. The summed E-state index contributed by atoms with van der Waals surface area (Å²) in [5.74, 6) is 0.500. The van der Waals surface area contributed by atoms with Gasteiger partial charge in [-0.2, -0.15) is 0 Å². The van der Waals surface area contributed by atoms with Crippen molar-refractivity contribution in [1.82, 2.24) is 9.88 Å². The SMILES string of the molecule is COc1ccc(NC(=O)NCCS(=O)(=O)c2c(C)n(C)c3ccccc23)cc1. The van der Waals surface area contributed by atoms with E-state index in [0.717, 1.165) is 5.52 Å². The fraction of sp³-hybridized carbons (Fsp3) is 0.250. The van der Waals surface area contributed by atoms with E-state index < -0.39 is 15.9 Å². The van der Waals surface area contributed by atoms with Gasteiger partial charge >= 0.3 is 6.03 Å². The van der Waals surface area contributed by atoms with Crippen molar-refractivity contribution in [2.24, 2.45) is 7.05 Å². The quantitative estimate of drug-likeness (QED) is 0.664. The first kappa shape index (κ1) is 19.8. The molecule has 3 aromatic rings. The largest absolute Gasteiger partial charge is 0.497 e. The molecule has 0 radical (unpaired) electrons. The third kappa shape index (κ3) is 3.96. The van der Waals surface area contributed by atoms with Crippen LogP contribution in [0, 0.1) is 6.92 Å². The molecule has 0 unspecified atom stereocenters. The first-order valence-corrected chi connectivity index (χ1v) is 10.4. The van der Waals surface area contributed by atoms with Gasteiger partial charge in [0, 0.05) is 35.9 Å². The summed E-state index contributed by atoms with van der Waals surface area (Å²) in [4.78, 5) is 12.3. The van der Waals surface area contributed by atoms with E-state index in [1.54, 1.807) is 44.4 Å². The number of sulfone groups is 1. The molecule has 2 amide bonds. The summed E-state index contributed by atoms with van der Waals surface area (Å²) < 4.78 is 32.7. The van der Waals surface area contributed by atoms with Crippen LogP contribution in [-0.4, -0.2) is 38.4 Å². The highest BCUT2D eigenvalue weighted by molar-refractivity contribution is 7.91. The Bertz CT molecular complexity index is 1100. The molecular weight excluding hydrogens is 378 g/mol. The van der Waals surface area contributed by atoms with Gasteiger partial charge in [-0.3, -0.25) is 0 Å². The van der Waals surface area contributed by atoms with Crippen LogP contribution in [0.2, 0.25) is 0 Å². The van der Waals surface area contributed by atoms with E-state index in [9.17, 15) is 13.2 Å². The zero-order valence-electron chi connectivity index (χ0n) is 16.0. The predicted octanol–water partition coefficient (Wildman–Crippen LogP) is 3.09. The number of nitrogens with one attached hydrogen (secondary N) is 2. The van der Waals surface area contributed by atoms with Crippen LogP contribution in [0.25, 0.3) is 10.9 Å². The molecule has 8 heteroatoms. The van der Waals surface area contributed by atoms with Gasteiger partial charge in [0.25, 0.3) is 0 Å². The molecule has 0 spiro atoms. The van der Waals surface area contributed by atoms with Crippen molar-refractivity contribution >= 4 is 32.5 Å². The molecule has 1 aromatic heterocycles. The monoisotopic (exact) mass is 401 g/mol. The van der Waals surface area contributed by atoms with Crippen LogP contribution in [-0.2, 0) is 16.9 Å². The number of hydrogen-bond donors (Lipinski definition) is 2. The van der Waals surface area contributed by atoms with Gasteiger partial charge < -0.3 is 19.9 Å². The molecule has 0 fully saturated rings. The number of para-hydroxylation sites is 1. The number of urea groups is 1. The zero-order valence-corrected chi connectivity index (χ0v) is 16.8. The number of methoxy groups -OCH3 is 1. The van der Waals surface area contributed by atoms with E-state index in [4.69, 9.17) is 4.74 Å². The van der Waals surface area contributed by atoms with Crippen molar-refractivity contribution in [3.63, 3.8) is 0 Å². The van der Waals surface area contributed by atoms with Gasteiger partial charge in [0.05, 0.1) is 17.8 Å². The molecule has 0 saturated heterocycles. The molecule has 2 N–H and O–H groups in total. The summed E-state index contributed by atoms with van der Waals surface area (Å²) in [5.41, 5.74) is 2.14. The average molecular weight is 401 g/mol. The highest BCUT2D eigenvalue weighted by Crippen LogP contribution is 2.29. The van der Waals surface area contributed by atoms with E-state index in [0.29, 0.717) is 27.4 Å². The minimum Gasteiger partial charge on any atom is -0.497 e.